The summed E-state index contributed by atoms with van der Waals surface area (Å²) in [4.78, 5) is 0. The molecular formula is C11H20N2O. The van der Waals surface area contributed by atoms with Crippen LogP contribution in [0.25, 0.3) is 0 Å². The second-order valence-electron chi connectivity index (χ2n) is 4.28. The van der Waals surface area contributed by atoms with Crippen LogP contribution in [0.4, 0.5) is 0 Å². The molecule has 0 fully saturated rings. The van der Waals surface area contributed by atoms with Crippen molar-refractivity contribution in [3.63, 3.8) is 0 Å². The normalized spacial score (nSPS) is 11.3. The summed E-state index contributed by atoms with van der Waals surface area (Å²) in [6.45, 7) is 9.37. The maximum Gasteiger partial charge on any atom is 0.157 e. The van der Waals surface area contributed by atoms with E-state index in [4.69, 9.17) is 4.74 Å². The van der Waals surface area contributed by atoms with Gasteiger partial charge < -0.3 is 4.74 Å². The fourth-order valence-electron chi connectivity index (χ4n) is 1.09. The molecule has 14 heavy (non-hydrogen) atoms. The largest absolute Gasteiger partial charge is 0.490 e. The summed E-state index contributed by atoms with van der Waals surface area (Å²) >= 11 is 0. The van der Waals surface area contributed by atoms with E-state index in [1.807, 2.05) is 10.9 Å². The van der Waals surface area contributed by atoms with Gasteiger partial charge in [0.15, 0.2) is 5.75 Å². The van der Waals surface area contributed by atoms with Crippen LogP contribution in [0.15, 0.2) is 12.4 Å². The van der Waals surface area contributed by atoms with Gasteiger partial charge in [-0.25, -0.2) is 0 Å². The summed E-state index contributed by atoms with van der Waals surface area (Å²) in [6.07, 6.45) is 4.82. The Morgan fingerprint density at radius 2 is 2.07 bits per heavy atom. The second kappa shape index (κ2) is 5.03. The first-order valence-electron chi connectivity index (χ1n) is 5.26. The summed E-state index contributed by atoms with van der Waals surface area (Å²) in [6, 6.07) is 0.400. The highest BCUT2D eigenvalue weighted by Crippen LogP contribution is 2.13. The van der Waals surface area contributed by atoms with Crippen molar-refractivity contribution < 1.29 is 4.74 Å². The van der Waals surface area contributed by atoms with Gasteiger partial charge in [-0.3, -0.25) is 4.68 Å². The number of ether oxygens (including phenoxy) is 1. The summed E-state index contributed by atoms with van der Waals surface area (Å²) in [5, 5.41) is 4.21. The van der Waals surface area contributed by atoms with Gasteiger partial charge in [-0.2, -0.15) is 5.10 Å². The molecule has 0 aromatic carbocycles. The molecule has 1 aromatic rings. The molecule has 80 valence electrons. The van der Waals surface area contributed by atoms with Crippen LogP contribution < -0.4 is 4.74 Å². The first-order chi connectivity index (χ1) is 6.59. The molecule has 1 rings (SSSR count). The maximum atomic E-state index is 5.56. The van der Waals surface area contributed by atoms with Gasteiger partial charge in [0.2, 0.25) is 0 Å². The lowest BCUT2D eigenvalue weighted by atomic mass is 10.1. The van der Waals surface area contributed by atoms with Gasteiger partial charge in [-0.1, -0.05) is 13.8 Å². The van der Waals surface area contributed by atoms with E-state index in [1.165, 1.54) is 0 Å². The van der Waals surface area contributed by atoms with Crippen LogP contribution in [-0.2, 0) is 0 Å². The molecule has 0 aliphatic rings. The molecule has 1 aromatic heterocycles. The van der Waals surface area contributed by atoms with Crippen molar-refractivity contribution in [1.29, 1.82) is 0 Å². The highest BCUT2D eigenvalue weighted by Gasteiger charge is 2.02. The molecule has 1 heterocycles. The molecule has 0 saturated heterocycles. The van der Waals surface area contributed by atoms with Crippen LogP contribution >= 0.6 is 0 Å². The third kappa shape index (κ3) is 3.40. The van der Waals surface area contributed by atoms with E-state index < -0.39 is 0 Å². The molecule has 0 atom stereocenters. The van der Waals surface area contributed by atoms with Gasteiger partial charge in [0.25, 0.3) is 0 Å². The molecule has 0 spiro atoms. The molecule has 0 unspecified atom stereocenters. The van der Waals surface area contributed by atoms with Crippen molar-refractivity contribution in [2.24, 2.45) is 5.92 Å². The Hall–Kier alpha value is -0.990. The Bertz CT molecular complexity index is 266. The molecule has 0 aliphatic carbocycles. The average molecular weight is 196 g/mol. The molecule has 0 aliphatic heterocycles. The number of hydrogen-bond acceptors (Lipinski definition) is 2. The van der Waals surface area contributed by atoms with Crippen molar-refractivity contribution in [2.45, 2.75) is 40.2 Å². The van der Waals surface area contributed by atoms with Gasteiger partial charge in [-0.05, 0) is 26.2 Å². The fraction of sp³-hybridized carbons (Fsp3) is 0.727. The first-order valence-corrected chi connectivity index (χ1v) is 5.26. The van der Waals surface area contributed by atoms with Crippen LogP contribution in [0, 0.1) is 5.92 Å². The summed E-state index contributed by atoms with van der Waals surface area (Å²) < 4.78 is 7.47. The zero-order valence-electron chi connectivity index (χ0n) is 9.53. The lowest BCUT2D eigenvalue weighted by Gasteiger charge is -2.06. The number of hydrogen-bond donors (Lipinski definition) is 0. The number of aromatic nitrogens is 2. The minimum Gasteiger partial charge on any atom is -0.490 e. The Morgan fingerprint density at radius 1 is 1.36 bits per heavy atom. The van der Waals surface area contributed by atoms with Crippen molar-refractivity contribution >= 4 is 0 Å². The van der Waals surface area contributed by atoms with Gasteiger partial charge >= 0.3 is 0 Å². The lowest BCUT2D eigenvalue weighted by Crippen LogP contribution is -2.01. The fourth-order valence-corrected chi connectivity index (χ4v) is 1.09. The van der Waals surface area contributed by atoms with Crippen molar-refractivity contribution in [1.82, 2.24) is 9.78 Å². The molecule has 0 N–H and O–H groups in total. The average Bonchev–Trinajstić information content (AvgIpc) is 2.52. The van der Waals surface area contributed by atoms with E-state index in [-0.39, 0.29) is 0 Å². The highest BCUT2D eigenvalue weighted by molar-refractivity contribution is 5.11. The zero-order valence-corrected chi connectivity index (χ0v) is 9.53. The Morgan fingerprint density at radius 3 is 2.57 bits per heavy atom. The quantitative estimate of drug-likeness (QED) is 0.724. The molecule has 0 saturated carbocycles. The van der Waals surface area contributed by atoms with E-state index in [0.717, 1.165) is 18.8 Å². The predicted octanol–water partition coefficient (Wildman–Crippen LogP) is 2.89. The lowest BCUT2D eigenvalue weighted by molar-refractivity contribution is 0.289. The van der Waals surface area contributed by atoms with Gasteiger partial charge in [0.1, 0.15) is 0 Å². The summed E-state index contributed by atoms with van der Waals surface area (Å²) in [7, 11) is 0. The number of nitrogens with zero attached hydrogens (tertiary/aromatic N) is 2. The van der Waals surface area contributed by atoms with Gasteiger partial charge in [0.05, 0.1) is 19.0 Å². The Labute approximate surface area is 86.1 Å². The van der Waals surface area contributed by atoms with Crippen LogP contribution in [-0.4, -0.2) is 16.4 Å². The zero-order chi connectivity index (χ0) is 10.6. The minimum atomic E-state index is 0.400. The molecule has 3 heteroatoms. The van der Waals surface area contributed by atoms with Gasteiger partial charge in [-0.15, -0.1) is 0 Å². The third-order valence-electron chi connectivity index (χ3n) is 2.07. The van der Waals surface area contributed by atoms with Crippen molar-refractivity contribution in [2.75, 3.05) is 6.61 Å². The van der Waals surface area contributed by atoms with Crippen molar-refractivity contribution in [3.8, 4) is 5.75 Å². The predicted molar refractivity (Wildman–Crippen MR) is 57.6 cm³/mol. The third-order valence-corrected chi connectivity index (χ3v) is 2.07. The van der Waals surface area contributed by atoms with Gasteiger partial charge in [0, 0.05) is 6.04 Å². The Kier molecular flexibility index (Phi) is 3.98. The topological polar surface area (TPSA) is 27.1 Å². The van der Waals surface area contributed by atoms with E-state index >= 15 is 0 Å². The smallest absolute Gasteiger partial charge is 0.157 e. The summed E-state index contributed by atoms with van der Waals surface area (Å²) in [5.74, 6) is 1.56. The van der Waals surface area contributed by atoms with E-state index in [0.29, 0.717) is 12.0 Å². The van der Waals surface area contributed by atoms with E-state index in [9.17, 15) is 0 Å². The number of rotatable bonds is 5. The molecule has 0 radical (unpaired) electrons. The standard InChI is InChI=1S/C11H20N2O/c1-9(2)5-6-14-11-7-12-13(8-11)10(3)4/h7-10H,5-6H2,1-4H3. The molecule has 0 bridgehead atoms. The first kappa shape index (κ1) is 11.1. The molecule has 0 amide bonds. The van der Waals surface area contributed by atoms with E-state index in [2.05, 4.69) is 32.8 Å². The Balaban J connectivity index is 2.36. The molecule has 3 nitrogen and oxygen atoms in total. The SMILES string of the molecule is CC(C)CCOc1cnn(C(C)C)c1. The van der Waals surface area contributed by atoms with Crippen LogP contribution in [0.1, 0.15) is 40.2 Å². The van der Waals surface area contributed by atoms with Crippen molar-refractivity contribution in [3.05, 3.63) is 12.4 Å². The van der Waals surface area contributed by atoms with Crippen LogP contribution in [0.3, 0.4) is 0 Å². The highest BCUT2D eigenvalue weighted by atomic mass is 16.5. The van der Waals surface area contributed by atoms with Crippen LogP contribution in [0.2, 0.25) is 0 Å². The summed E-state index contributed by atoms with van der Waals surface area (Å²) in [5.41, 5.74) is 0. The second-order valence-corrected chi connectivity index (χ2v) is 4.28. The van der Waals surface area contributed by atoms with Crippen LogP contribution in [0.5, 0.6) is 5.75 Å². The maximum absolute atomic E-state index is 5.56. The minimum absolute atomic E-state index is 0.400. The van der Waals surface area contributed by atoms with E-state index in [1.54, 1.807) is 6.20 Å². The molecular weight excluding hydrogens is 176 g/mol. The monoisotopic (exact) mass is 196 g/mol.